The van der Waals surface area contributed by atoms with E-state index in [1.54, 1.807) is 13.8 Å². The summed E-state index contributed by atoms with van der Waals surface area (Å²) < 4.78 is 40.0. The summed E-state index contributed by atoms with van der Waals surface area (Å²) >= 11 is 0. The molecule has 0 aliphatic rings. The van der Waals surface area contributed by atoms with Crippen LogP contribution in [0.3, 0.4) is 0 Å². The quantitative estimate of drug-likeness (QED) is 0.873. The molecule has 0 bridgehead atoms. The second-order valence-electron chi connectivity index (χ2n) is 5.22. The molecule has 0 heterocycles. The number of hydrogen-bond acceptors (Lipinski definition) is 3. The highest BCUT2D eigenvalue weighted by atomic mass is 32.2. The topological polar surface area (TPSA) is 74.7 Å². The second-order valence-corrected chi connectivity index (χ2v) is 7.05. The van der Waals surface area contributed by atoms with Gasteiger partial charge >= 0.3 is 5.97 Å². The van der Waals surface area contributed by atoms with Crippen molar-refractivity contribution in [1.82, 2.24) is 4.31 Å². The molecule has 0 aromatic heterocycles. The minimum absolute atomic E-state index is 0.0444. The summed E-state index contributed by atoms with van der Waals surface area (Å²) in [5, 5.41) is 8.75. The molecule has 0 atom stereocenters. The van der Waals surface area contributed by atoms with Crippen molar-refractivity contribution in [2.75, 3.05) is 6.54 Å². The lowest BCUT2D eigenvalue weighted by Gasteiger charge is -2.27. The monoisotopic (exact) mass is 317 g/mol. The van der Waals surface area contributed by atoms with Crippen molar-refractivity contribution in [3.05, 3.63) is 29.1 Å². The fraction of sp³-hybridized carbons (Fsp3) is 0.500. The molecule has 1 aromatic carbocycles. The summed E-state index contributed by atoms with van der Waals surface area (Å²) in [4.78, 5) is 10.7. The fourth-order valence-corrected chi connectivity index (χ4v) is 4.34. The molecule has 1 rings (SSSR count). The number of rotatable bonds is 6. The van der Waals surface area contributed by atoms with Crippen LogP contribution in [0.1, 0.15) is 31.4 Å². The van der Waals surface area contributed by atoms with Gasteiger partial charge in [0.2, 0.25) is 10.0 Å². The molecular formula is C14H20FNO4S. The van der Waals surface area contributed by atoms with Crippen LogP contribution in [0.4, 0.5) is 4.39 Å². The standard InChI is InChI=1S/C14H20FNO4S/c1-9(2)16(6-5-13(17)18)21(19,20)14-10(3)7-12(15)8-11(14)4/h7-9H,5-6H2,1-4H3,(H,17,18). The van der Waals surface area contributed by atoms with Gasteiger partial charge in [0.15, 0.2) is 0 Å². The third-order valence-electron chi connectivity index (χ3n) is 3.11. The van der Waals surface area contributed by atoms with E-state index in [0.29, 0.717) is 11.1 Å². The Hall–Kier alpha value is -1.47. The highest BCUT2D eigenvalue weighted by Gasteiger charge is 2.30. The zero-order valence-electron chi connectivity index (χ0n) is 12.6. The fourth-order valence-electron chi connectivity index (χ4n) is 2.28. The van der Waals surface area contributed by atoms with Gasteiger partial charge in [-0.2, -0.15) is 4.31 Å². The van der Waals surface area contributed by atoms with E-state index in [2.05, 4.69) is 0 Å². The lowest BCUT2D eigenvalue weighted by molar-refractivity contribution is -0.137. The average Bonchev–Trinajstić information content (AvgIpc) is 2.25. The second kappa shape index (κ2) is 6.53. The molecule has 0 saturated heterocycles. The van der Waals surface area contributed by atoms with Crippen LogP contribution in [0.25, 0.3) is 0 Å². The van der Waals surface area contributed by atoms with E-state index in [1.165, 1.54) is 13.8 Å². The van der Waals surface area contributed by atoms with Crippen molar-refractivity contribution in [2.24, 2.45) is 0 Å². The Morgan fingerprint density at radius 2 is 1.76 bits per heavy atom. The third-order valence-corrected chi connectivity index (χ3v) is 5.50. The van der Waals surface area contributed by atoms with E-state index >= 15 is 0 Å². The molecule has 7 heteroatoms. The summed E-state index contributed by atoms with van der Waals surface area (Å²) in [6, 6.07) is 1.93. The maximum atomic E-state index is 13.3. The van der Waals surface area contributed by atoms with E-state index in [9.17, 15) is 17.6 Å². The molecule has 0 fully saturated rings. The molecule has 118 valence electrons. The van der Waals surface area contributed by atoms with Crippen LogP contribution in [0, 0.1) is 19.7 Å². The van der Waals surface area contributed by atoms with Crippen molar-refractivity contribution in [2.45, 2.75) is 45.1 Å². The zero-order valence-corrected chi connectivity index (χ0v) is 13.4. The molecule has 0 amide bonds. The van der Waals surface area contributed by atoms with Gasteiger partial charge in [-0.1, -0.05) is 0 Å². The Bertz CT molecular complexity index is 617. The van der Waals surface area contributed by atoms with Crippen LogP contribution >= 0.6 is 0 Å². The van der Waals surface area contributed by atoms with Gasteiger partial charge in [-0.3, -0.25) is 4.79 Å². The minimum atomic E-state index is -3.87. The molecular weight excluding hydrogens is 297 g/mol. The van der Waals surface area contributed by atoms with Crippen molar-refractivity contribution in [3.63, 3.8) is 0 Å². The Kier molecular flexibility index (Phi) is 5.47. The maximum Gasteiger partial charge on any atom is 0.304 e. The number of carboxylic acid groups (broad SMARTS) is 1. The number of nitrogens with zero attached hydrogens (tertiary/aromatic N) is 1. The summed E-state index contributed by atoms with van der Waals surface area (Å²) in [5.41, 5.74) is 0.627. The third kappa shape index (κ3) is 4.01. The SMILES string of the molecule is Cc1cc(F)cc(C)c1S(=O)(=O)N(CCC(=O)O)C(C)C. The van der Waals surface area contributed by atoms with Crippen LogP contribution in [-0.4, -0.2) is 36.4 Å². The number of aryl methyl sites for hydroxylation is 2. The highest BCUT2D eigenvalue weighted by Crippen LogP contribution is 2.26. The van der Waals surface area contributed by atoms with Gasteiger partial charge < -0.3 is 5.11 Å². The first-order chi connectivity index (χ1) is 9.57. The Morgan fingerprint density at radius 1 is 1.29 bits per heavy atom. The molecule has 0 aliphatic carbocycles. The van der Waals surface area contributed by atoms with Crippen molar-refractivity contribution >= 4 is 16.0 Å². The first-order valence-electron chi connectivity index (χ1n) is 6.57. The summed E-state index contributed by atoms with van der Waals surface area (Å²) in [7, 11) is -3.87. The summed E-state index contributed by atoms with van der Waals surface area (Å²) in [5.74, 6) is -1.56. The number of sulfonamides is 1. The number of hydrogen-bond donors (Lipinski definition) is 1. The summed E-state index contributed by atoms with van der Waals surface area (Å²) in [6.45, 7) is 6.28. The van der Waals surface area contributed by atoms with Crippen LogP contribution in [0.15, 0.2) is 17.0 Å². The van der Waals surface area contributed by atoms with Gasteiger partial charge in [-0.15, -0.1) is 0 Å². The van der Waals surface area contributed by atoms with E-state index in [0.717, 1.165) is 16.4 Å². The molecule has 0 spiro atoms. The molecule has 21 heavy (non-hydrogen) atoms. The number of carboxylic acids is 1. The Morgan fingerprint density at radius 3 is 2.14 bits per heavy atom. The van der Waals surface area contributed by atoms with E-state index in [1.807, 2.05) is 0 Å². The molecule has 0 unspecified atom stereocenters. The predicted octanol–water partition coefficient (Wildman–Crippen LogP) is 2.32. The van der Waals surface area contributed by atoms with Gasteiger partial charge in [0.25, 0.3) is 0 Å². The van der Waals surface area contributed by atoms with Crippen molar-refractivity contribution < 1.29 is 22.7 Å². The first-order valence-corrected chi connectivity index (χ1v) is 8.01. The largest absolute Gasteiger partial charge is 0.481 e. The number of carbonyl (C=O) groups is 1. The number of aliphatic carboxylic acids is 1. The van der Waals surface area contributed by atoms with Crippen molar-refractivity contribution in [3.8, 4) is 0 Å². The van der Waals surface area contributed by atoms with Crippen molar-refractivity contribution in [1.29, 1.82) is 0 Å². The van der Waals surface area contributed by atoms with E-state index < -0.39 is 27.9 Å². The first kappa shape index (κ1) is 17.6. The predicted molar refractivity (Wildman–Crippen MR) is 77.2 cm³/mol. The van der Waals surface area contributed by atoms with Crippen LogP contribution < -0.4 is 0 Å². The van der Waals surface area contributed by atoms with Gasteiger partial charge in [0.1, 0.15) is 5.82 Å². The molecule has 1 N–H and O–H groups in total. The molecule has 1 aromatic rings. The Balaban J connectivity index is 3.33. The van der Waals surface area contributed by atoms with Gasteiger partial charge in [-0.25, -0.2) is 12.8 Å². The highest BCUT2D eigenvalue weighted by molar-refractivity contribution is 7.89. The number of benzene rings is 1. The number of halogens is 1. The Labute approximate surface area is 124 Å². The maximum absolute atomic E-state index is 13.3. The lowest BCUT2D eigenvalue weighted by Crippen LogP contribution is -2.39. The lowest BCUT2D eigenvalue weighted by atomic mass is 10.1. The van der Waals surface area contributed by atoms with Gasteiger partial charge in [0, 0.05) is 12.6 Å². The smallest absolute Gasteiger partial charge is 0.304 e. The summed E-state index contributed by atoms with van der Waals surface area (Å²) in [6.07, 6.45) is -0.281. The van der Waals surface area contributed by atoms with Crippen LogP contribution in [0.2, 0.25) is 0 Å². The molecule has 0 saturated carbocycles. The molecule has 5 nitrogen and oxygen atoms in total. The van der Waals surface area contributed by atoms with Crippen LogP contribution in [-0.2, 0) is 14.8 Å². The molecule has 0 radical (unpaired) electrons. The van der Waals surface area contributed by atoms with Gasteiger partial charge in [-0.05, 0) is 51.0 Å². The van der Waals surface area contributed by atoms with Gasteiger partial charge in [0.05, 0.1) is 11.3 Å². The molecule has 0 aliphatic heterocycles. The van der Waals surface area contributed by atoms with E-state index in [-0.39, 0.29) is 17.9 Å². The zero-order chi connectivity index (χ0) is 16.4. The normalized spacial score (nSPS) is 12.1. The van der Waals surface area contributed by atoms with E-state index in [4.69, 9.17) is 5.11 Å². The average molecular weight is 317 g/mol. The van der Waals surface area contributed by atoms with Crippen LogP contribution in [0.5, 0.6) is 0 Å². The minimum Gasteiger partial charge on any atom is -0.481 e.